The first kappa shape index (κ1) is 15.0. The van der Waals surface area contributed by atoms with Crippen LogP contribution in [-0.2, 0) is 0 Å². The summed E-state index contributed by atoms with van der Waals surface area (Å²) >= 11 is 0. The standard InChI is InChI=1S/C17H18FNO2/c1-4-21-14-6-8-16(12(3)10-14)19-17(20)13-5-7-15(18)11(2)9-13/h5-10H,4H2,1-3H3,(H,19,20). The summed E-state index contributed by atoms with van der Waals surface area (Å²) in [6.45, 7) is 6.05. The van der Waals surface area contributed by atoms with Gasteiger partial charge in [-0.2, -0.15) is 0 Å². The SMILES string of the molecule is CCOc1ccc(NC(=O)c2ccc(F)c(C)c2)c(C)c1. The van der Waals surface area contributed by atoms with Gasteiger partial charge in [0, 0.05) is 11.3 Å². The first-order chi connectivity index (χ1) is 10.0. The summed E-state index contributed by atoms with van der Waals surface area (Å²) in [4.78, 5) is 12.2. The molecule has 0 radical (unpaired) electrons. The quantitative estimate of drug-likeness (QED) is 0.919. The van der Waals surface area contributed by atoms with Crippen molar-refractivity contribution in [1.82, 2.24) is 0 Å². The van der Waals surface area contributed by atoms with Crippen molar-refractivity contribution in [3.05, 3.63) is 58.9 Å². The van der Waals surface area contributed by atoms with Gasteiger partial charge in [-0.25, -0.2) is 4.39 Å². The molecule has 3 nitrogen and oxygen atoms in total. The van der Waals surface area contributed by atoms with E-state index in [1.54, 1.807) is 13.0 Å². The first-order valence-electron chi connectivity index (χ1n) is 6.82. The molecule has 0 aliphatic carbocycles. The van der Waals surface area contributed by atoms with E-state index >= 15 is 0 Å². The Morgan fingerprint density at radius 2 is 1.90 bits per heavy atom. The second kappa shape index (κ2) is 6.39. The number of carbonyl (C=O) groups excluding carboxylic acids is 1. The molecule has 0 unspecified atom stereocenters. The molecule has 21 heavy (non-hydrogen) atoms. The number of benzene rings is 2. The molecule has 0 spiro atoms. The molecule has 0 aliphatic heterocycles. The van der Waals surface area contributed by atoms with Crippen LogP contribution in [0.25, 0.3) is 0 Å². The highest BCUT2D eigenvalue weighted by molar-refractivity contribution is 6.04. The largest absolute Gasteiger partial charge is 0.494 e. The molecule has 2 aromatic rings. The average molecular weight is 287 g/mol. The predicted molar refractivity (Wildman–Crippen MR) is 81.4 cm³/mol. The Kier molecular flexibility index (Phi) is 4.58. The monoisotopic (exact) mass is 287 g/mol. The van der Waals surface area contributed by atoms with E-state index < -0.39 is 0 Å². The summed E-state index contributed by atoms with van der Waals surface area (Å²) in [5.74, 6) is 0.194. The van der Waals surface area contributed by atoms with E-state index in [0.29, 0.717) is 23.4 Å². The van der Waals surface area contributed by atoms with E-state index in [9.17, 15) is 9.18 Å². The van der Waals surface area contributed by atoms with Crippen molar-refractivity contribution in [2.24, 2.45) is 0 Å². The minimum Gasteiger partial charge on any atom is -0.494 e. The number of carbonyl (C=O) groups is 1. The van der Waals surface area contributed by atoms with Crippen molar-refractivity contribution in [2.45, 2.75) is 20.8 Å². The van der Waals surface area contributed by atoms with Crippen LogP contribution in [0.2, 0.25) is 0 Å². The van der Waals surface area contributed by atoms with Crippen molar-refractivity contribution in [2.75, 3.05) is 11.9 Å². The number of ether oxygens (including phenoxy) is 1. The lowest BCUT2D eigenvalue weighted by atomic mass is 10.1. The maximum Gasteiger partial charge on any atom is 0.255 e. The second-order valence-corrected chi connectivity index (χ2v) is 4.83. The van der Waals surface area contributed by atoms with Crippen molar-refractivity contribution in [3.63, 3.8) is 0 Å². The zero-order chi connectivity index (χ0) is 15.4. The van der Waals surface area contributed by atoms with Crippen molar-refractivity contribution in [1.29, 1.82) is 0 Å². The first-order valence-corrected chi connectivity index (χ1v) is 6.82. The fourth-order valence-electron chi connectivity index (χ4n) is 2.01. The van der Waals surface area contributed by atoms with Gasteiger partial charge in [-0.3, -0.25) is 4.79 Å². The third-order valence-corrected chi connectivity index (χ3v) is 3.18. The Labute approximate surface area is 123 Å². The summed E-state index contributed by atoms with van der Waals surface area (Å²) in [6, 6.07) is 9.79. The summed E-state index contributed by atoms with van der Waals surface area (Å²) < 4.78 is 18.6. The number of hydrogen-bond acceptors (Lipinski definition) is 2. The van der Waals surface area contributed by atoms with Crippen LogP contribution in [0.15, 0.2) is 36.4 Å². The van der Waals surface area contributed by atoms with E-state index in [2.05, 4.69) is 5.32 Å². The van der Waals surface area contributed by atoms with Crippen LogP contribution in [0.1, 0.15) is 28.4 Å². The lowest BCUT2D eigenvalue weighted by molar-refractivity contribution is 0.102. The molecule has 2 rings (SSSR count). The van der Waals surface area contributed by atoms with Gasteiger partial charge >= 0.3 is 0 Å². The Hall–Kier alpha value is -2.36. The van der Waals surface area contributed by atoms with E-state index in [-0.39, 0.29) is 11.7 Å². The molecule has 0 saturated carbocycles. The summed E-state index contributed by atoms with van der Waals surface area (Å²) in [5, 5.41) is 2.83. The van der Waals surface area contributed by atoms with E-state index in [4.69, 9.17) is 4.74 Å². The van der Waals surface area contributed by atoms with Crippen LogP contribution < -0.4 is 10.1 Å². The number of hydrogen-bond donors (Lipinski definition) is 1. The topological polar surface area (TPSA) is 38.3 Å². The molecule has 0 heterocycles. The molecular weight excluding hydrogens is 269 g/mol. The number of amides is 1. The smallest absolute Gasteiger partial charge is 0.255 e. The molecule has 2 aromatic carbocycles. The Bertz CT molecular complexity index is 668. The van der Waals surface area contributed by atoms with Crippen molar-refractivity contribution in [3.8, 4) is 5.75 Å². The number of aryl methyl sites for hydroxylation is 2. The van der Waals surface area contributed by atoms with Crippen LogP contribution in [0.4, 0.5) is 10.1 Å². The predicted octanol–water partition coefficient (Wildman–Crippen LogP) is 4.09. The lowest BCUT2D eigenvalue weighted by Crippen LogP contribution is -2.13. The molecule has 4 heteroatoms. The summed E-state index contributed by atoms with van der Waals surface area (Å²) in [7, 11) is 0. The normalized spacial score (nSPS) is 10.3. The molecule has 0 aromatic heterocycles. The maximum absolute atomic E-state index is 13.2. The molecule has 1 amide bonds. The third-order valence-electron chi connectivity index (χ3n) is 3.18. The molecule has 0 aliphatic rings. The van der Waals surface area contributed by atoms with Crippen LogP contribution >= 0.6 is 0 Å². The van der Waals surface area contributed by atoms with E-state index in [1.807, 2.05) is 26.0 Å². The van der Waals surface area contributed by atoms with Gasteiger partial charge in [0.15, 0.2) is 0 Å². The van der Waals surface area contributed by atoms with Crippen molar-refractivity contribution < 1.29 is 13.9 Å². The molecular formula is C17H18FNO2. The lowest BCUT2D eigenvalue weighted by Gasteiger charge is -2.11. The highest BCUT2D eigenvalue weighted by atomic mass is 19.1. The minimum absolute atomic E-state index is 0.259. The Morgan fingerprint density at radius 3 is 2.52 bits per heavy atom. The van der Waals surface area contributed by atoms with Gasteiger partial charge in [0.25, 0.3) is 5.91 Å². The maximum atomic E-state index is 13.2. The van der Waals surface area contributed by atoms with E-state index in [0.717, 1.165) is 11.3 Å². The summed E-state index contributed by atoms with van der Waals surface area (Å²) in [6.07, 6.45) is 0. The van der Waals surface area contributed by atoms with Gasteiger partial charge in [-0.15, -0.1) is 0 Å². The Morgan fingerprint density at radius 1 is 1.14 bits per heavy atom. The van der Waals surface area contributed by atoms with Crippen LogP contribution in [0, 0.1) is 19.7 Å². The molecule has 0 saturated heterocycles. The number of anilines is 1. The van der Waals surface area contributed by atoms with Crippen LogP contribution in [0.5, 0.6) is 5.75 Å². The zero-order valence-electron chi connectivity index (χ0n) is 12.4. The fraction of sp³-hybridized carbons (Fsp3) is 0.235. The second-order valence-electron chi connectivity index (χ2n) is 4.83. The Balaban J connectivity index is 2.17. The number of nitrogens with one attached hydrogen (secondary N) is 1. The van der Waals surface area contributed by atoms with Gasteiger partial charge in [-0.1, -0.05) is 0 Å². The van der Waals surface area contributed by atoms with Gasteiger partial charge in [0.2, 0.25) is 0 Å². The van der Waals surface area contributed by atoms with Gasteiger partial charge in [0.05, 0.1) is 6.61 Å². The van der Waals surface area contributed by atoms with Crippen molar-refractivity contribution >= 4 is 11.6 Å². The van der Waals surface area contributed by atoms with Gasteiger partial charge < -0.3 is 10.1 Å². The van der Waals surface area contributed by atoms with Gasteiger partial charge in [-0.05, 0) is 68.3 Å². The molecule has 1 N–H and O–H groups in total. The zero-order valence-corrected chi connectivity index (χ0v) is 12.4. The van der Waals surface area contributed by atoms with Crippen LogP contribution in [0.3, 0.4) is 0 Å². The van der Waals surface area contributed by atoms with E-state index in [1.165, 1.54) is 18.2 Å². The molecule has 0 fully saturated rings. The molecule has 0 bridgehead atoms. The van der Waals surface area contributed by atoms with Gasteiger partial charge in [0.1, 0.15) is 11.6 Å². The average Bonchev–Trinajstić information content (AvgIpc) is 2.45. The van der Waals surface area contributed by atoms with Crippen LogP contribution in [-0.4, -0.2) is 12.5 Å². The fourth-order valence-corrected chi connectivity index (χ4v) is 2.01. The number of halogens is 1. The minimum atomic E-state index is -0.316. The highest BCUT2D eigenvalue weighted by Crippen LogP contribution is 2.22. The molecule has 0 atom stereocenters. The summed E-state index contributed by atoms with van der Waals surface area (Å²) in [5.41, 5.74) is 2.51. The number of rotatable bonds is 4. The third kappa shape index (κ3) is 3.60. The highest BCUT2D eigenvalue weighted by Gasteiger charge is 2.10. The molecule has 110 valence electrons.